The van der Waals surface area contributed by atoms with Gasteiger partial charge in [0.05, 0.1) is 10.7 Å². The van der Waals surface area contributed by atoms with Gasteiger partial charge in [0.2, 0.25) is 11.7 Å². The number of pyridine rings is 1. The van der Waals surface area contributed by atoms with E-state index in [4.69, 9.17) is 16.1 Å². The molecule has 0 saturated heterocycles. The molecule has 0 radical (unpaired) electrons. The number of carbonyl (C=O) groups is 1. The minimum absolute atomic E-state index is 0.0968. The highest BCUT2D eigenvalue weighted by molar-refractivity contribution is 6.33. The van der Waals surface area contributed by atoms with Crippen LogP contribution in [-0.4, -0.2) is 20.6 Å². The Hall–Kier alpha value is -3.71. The van der Waals surface area contributed by atoms with Crippen LogP contribution < -0.4 is 10.9 Å². The topological polar surface area (TPSA) is 90.0 Å². The number of aromatic nitrogens is 3. The third kappa shape index (κ3) is 4.41. The molecule has 156 valence electrons. The summed E-state index contributed by atoms with van der Waals surface area (Å²) >= 11 is 6.17. The molecule has 2 aromatic heterocycles. The minimum Gasteiger partial charge on any atom is -0.333 e. The number of rotatable bonds is 5. The number of hydrogen-bond acceptors (Lipinski definition) is 5. The average molecular weight is 435 g/mol. The van der Waals surface area contributed by atoms with Gasteiger partial charge in [0, 0.05) is 11.8 Å². The number of nitrogens with zero attached hydrogens (tertiary/aromatic N) is 3. The van der Waals surface area contributed by atoms with Crippen molar-refractivity contribution < 1.29 is 9.32 Å². The zero-order valence-corrected chi connectivity index (χ0v) is 17.7. The molecule has 2 aromatic carbocycles. The van der Waals surface area contributed by atoms with Crippen LogP contribution in [0.25, 0.3) is 22.8 Å². The molecule has 0 aliphatic carbocycles. The lowest BCUT2D eigenvalue weighted by molar-refractivity contribution is -0.116. The third-order valence-corrected chi connectivity index (χ3v) is 5.09. The molecule has 31 heavy (non-hydrogen) atoms. The molecule has 0 unspecified atom stereocenters. The number of amides is 1. The normalized spacial score (nSPS) is 10.8. The summed E-state index contributed by atoms with van der Waals surface area (Å²) in [6.45, 7) is 3.67. The quantitative estimate of drug-likeness (QED) is 0.500. The molecule has 7 nitrogen and oxygen atoms in total. The van der Waals surface area contributed by atoms with Gasteiger partial charge in [-0.1, -0.05) is 47.1 Å². The second kappa shape index (κ2) is 8.57. The molecule has 2 heterocycles. The highest BCUT2D eigenvalue weighted by atomic mass is 35.5. The van der Waals surface area contributed by atoms with Gasteiger partial charge in [0.25, 0.3) is 11.4 Å². The molecule has 4 aromatic rings. The maximum absolute atomic E-state index is 12.9. The van der Waals surface area contributed by atoms with Crippen molar-refractivity contribution in [2.45, 2.75) is 20.4 Å². The van der Waals surface area contributed by atoms with Gasteiger partial charge >= 0.3 is 0 Å². The minimum atomic E-state index is -0.410. The van der Waals surface area contributed by atoms with Crippen LogP contribution in [0.2, 0.25) is 5.02 Å². The molecule has 0 atom stereocenters. The van der Waals surface area contributed by atoms with Crippen LogP contribution in [0.15, 0.2) is 70.1 Å². The van der Waals surface area contributed by atoms with E-state index in [9.17, 15) is 9.59 Å². The fraction of sp³-hybridized carbons (Fsp3) is 0.130. The van der Waals surface area contributed by atoms with Gasteiger partial charge in [0.1, 0.15) is 12.1 Å². The Morgan fingerprint density at radius 2 is 1.87 bits per heavy atom. The number of benzene rings is 2. The van der Waals surface area contributed by atoms with Crippen molar-refractivity contribution in [3.05, 3.63) is 87.3 Å². The lowest BCUT2D eigenvalue weighted by Gasteiger charge is -2.09. The van der Waals surface area contributed by atoms with Crippen LogP contribution in [0.5, 0.6) is 0 Å². The summed E-state index contributed by atoms with van der Waals surface area (Å²) in [5, 5.41) is 7.16. The average Bonchev–Trinajstić information content (AvgIpc) is 3.22. The molecule has 1 amide bonds. The predicted octanol–water partition coefficient (Wildman–Crippen LogP) is 4.47. The van der Waals surface area contributed by atoms with E-state index >= 15 is 0 Å². The number of nitrogens with one attached hydrogen (secondary N) is 1. The van der Waals surface area contributed by atoms with Crippen molar-refractivity contribution in [1.82, 2.24) is 14.7 Å². The van der Waals surface area contributed by atoms with Crippen molar-refractivity contribution in [3.63, 3.8) is 0 Å². The standard InChI is InChI=1S/C23H19ClN4O3/c1-14-9-10-19(18(24)12-14)25-20(29)13-28-11-5-8-17(23(28)30)22-26-21(27-31-22)16-7-4-3-6-15(16)2/h3-12H,13H2,1-2H3,(H,25,29). The van der Waals surface area contributed by atoms with Gasteiger partial charge in [0.15, 0.2) is 0 Å². The number of halogens is 1. The summed E-state index contributed by atoms with van der Waals surface area (Å²) in [7, 11) is 0. The monoisotopic (exact) mass is 434 g/mol. The van der Waals surface area contributed by atoms with Crippen LogP contribution in [0, 0.1) is 13.8 Å². The van der Waals surface area contributed by atoms with Crippen LogP contribution >= 0.6 is 11.6 Å². The predicted molar refractivity (Wildman–Crippen MR) is 119 cm³/mol. The summed E-state index contributed by atoms with van der Waals surface area (Å²) < 4.78 is 6.61. The van der Waals surface area contributed by atoms with E-state index in [1.54, 1.807) is 24.3 Å². The number of anilines is 1. The highest BCUT2D eigenvalue weighted by Gasteiger charge is 2.17. The van der Waals surface area contributed by atoms with E-state index in [0.717, 1.165) is 16.7 Å². The molecule has 1 N–H and O–H groups in total. The highest BCUT2D eigenvalue weighted by Crippen LogP contribution is 2.24. The maximum Gasteiger partial charge on any atom is 0.263 e. The first-order chi connectivity index (χ1) is 14.9. The van der Waals surface area contributed by atoms with Crippen LogP contribution in [0.4, 0.5) is 5.69 Å². The summed E-state index contributed by atoms with van der Waals surface area (Å²) in [4.78, 5) is 29.7. The van der Waals surface area contributed by atoms with Gasteiger partial charge in [-0.05, 0) is 49.2 Å². The molecule has 8 heteroatoms. The molecule has 0 aliphatic heterocycles. The summed E-state index contributed by atoms with van der Waals surface area (Å²) in [5.74, 6) is 0.116. The van der Waals surface area contributed by atoms with Crippen molar-refractivity contribution in [2.75, 3.05) is 5.32 Å². The maximum atomic E-state index is 12.9. The Morgan fingerprint density at radius 1 is 1.10 bits per heavy atom. The number of hydrogen-bond donors (Lipinski definition) is 1. The van der Waals surface area contributed by atoms with Crippen molar-refractivity contribution in [1.29, 1.82) is 0 Å². The Balaban J connectivity index is 1.57. The van der Waals surface area contributed by atoms with E-state index in [-0.39, 0.29) is 23.9 Å². The van der Waals surface area contributed by atoms with Crippen molar-refractivity contribution in [2.24, 2.45) is 0 Å². The van der Waals surface area contributed by atoms with E-state index in [2.05, 4.69) is 15.5 Å². The molecule has 0 saturated carbocycles. The van der Waals surface area contributed by atoms with Gasteiger partial charge in [-0.2, -0.15) is 4.98 Å². The molecular weight excluding hydrogens is 416 g/mol. The van der Waals surface area contributed by atoms with Crippen molar-refractivity contribution >= 4 is 23.2 Å². The largest absolute Gasteiger partial charge is 0.333 e. The lowest BCUT2D eigenvalue weighted by Crippen LogP contribution is -2.28. The first-order valence-electron chi connectivity index (χ1n) is 9.58. The second-order valence-corrected chi connectivity index (χ2v) is 7.53. The summed E-state index contributed by atoms with van der Waals surface area (Å²) in [6, 6.07) is 16.2. The molecule has 0 bridgehead atoms. The van der Waals surface area contributed by atoms with Gasteiger partial charge in [-0.3, -0.25) is 9.59 Å². The molecule has 0 aliphatic rings. The van der Waals surface area contributed by atoms with E-state index in [0.29, 0.717) is 16.5 Å². The zero-order chi connectivity index (χ0) is 22.0. The summed E-state index contributed by atoms with van der Waals surface area (Å²) in [6.07, 6.45) is 1.53. The molecule has 4 rings (SSSR count). The third-order valence-electron chi connectivity index (χ3n) is 4.78. The fourth-order valence-electron chi connectivity index (χ4n) is 3.16. The molecule has 0 spiro atoms. The number of carbonyl (C=O) groups excluding carboxylic acids is 1. The van der Waals surface area contributed by atoms with Crippen LogP contribution in [0.3, 0.4) is 0 Å². The smallest absolute Gasteiger partial charge is 0.263 e. The molecule has 0 fully saturated rings. The van der Waals surface area contributed by atoms with Gasteiger partial charge in [-0.15, -0.1) is 0 Å². The zero-order valence-electron chi connectivity index (χ0n) is 16.9. The van der Waals surface area contributed by atoms with Gasteiger partial charge < -0.3 is 14.4 Å². The lowest BCUT2D eigenvalue weighted by atomic mass is 10.1. The van der Waals surface area contributed by atoms with Gasteiger partial charge in [-0.25, -0.2) is 0 Å². The van der Waals surface area contributed by atoms with E-state index in [1.165, 1.54) is 10.8 Å². The Bertz CT molecular complexity index is 1330. The SMILES string of the molecule is Cc1ccc(NC(=O)Cn2cccc(-c3nc(-c4ccccc4C)no3)c2=O)c(Cl)c1. The first kappa shape index (κ1) is 20.6. The van der Waals surface area contributed by atoms with Crippen LogP contribution in [-0.2, 0) is 11.3 Å². The first-order valence-corrected chi connectivity index (χ1v) is 9.96. The Labute approximate surface area is 183 Å². The van der Waals surface area contributed by atoms with E-state index in [1.807, 2.05) is 44.2 Å². The Kier molecular flexibility index (Phi) is 5.68. The van der Waals surface area contributed by atoms with Crippen molar-refractivity contribution in [3.8, 4) is 22.8 Å². The fourth-order valence-corrected chi connectivity index (χ4v) is 3.44. The number of aryl methyl sites for hydroxylation is 2. The summed E-state index contributed by atoms with van der Waals surface area (Å²) in [5.41, 5.74) is 3.09. The van der Waals surface area contributed by atoms with E-state index < -0.39 is 5.56 Å². The second-order valence-electron chi connectivity index (χ2n) is 7.12. The molecular formula is C23H19ClN4O3. The van der Waals surface area contributed by atoms with Crippen LogP contribution in [0.1, 0.15) is 11.1 Å². The Morgan fingerprint density at radius 3 is 2.65 bits per heavy atom.